The van der Waals surface area contributed by atoms with E-state index in [0.29, 0.717) is 11.1 Å². The summed E-state index contributed by atoms with van der Waals surface area (Å²) in [6.45, 7) is 0. The second kappa shape index (κ2) is 6.61. The first-order valence-corrected chi connectivity index (χ1v) is 5.48. The molecule has 0 saturated carbocycles. The van der Waals surface area contributed by atoms with Crippen molar-refractivity contribution >= 4 is 12.0 Å². The van der Waals surface area contributed by atoms with Gasteiger partial charge >= 0.3 is 12.3 Å². The van der Waals surface area contributed by atoms with E-state index in [1.165, 1.54) is 12.1 Å². The van der Waals surface area contributed by atoms with Crippen molar-refractivity contribution in [1.29, 1.82) is 5.26 Å². The van der Waals surface area contributed by atoms with Gasteiger partial charge < -0.3 is 9.84 Å². The summed E-state index contributed by atoms with van der Waals surface area (Å²) in [5.74, 6) is -1.58. The third-order valence-corrected chi connectivity index (χ3v) is 2.26. The molecule has 0 saturated heterocycles. The molecule has 1 N–H and O–H groups in total. The summed E-state index contributed by atoms with van der Waals surface area (Å²) in [7, 11) is 0. The number of hydrogen-bond donors (Lipinski definition) is 1. The zero-order valence-electron chi connectivity index (χ0n) is 10.1. The minimum atomic E-state index is -4.80. The lowest BCUT2D eigenvalue weighted by Crippen LogP contribution is -2.17. The molecule has 0 bridgehead atoms. The highest BCUT2D eigenvalue weighted by atomic mass is 19.4. The molecule has 20 heavy (non-hydrogen) atoms. The number of rotatable bonds is 5. The van der Waals surface area contributed by atoms with Crippen LogP contribution in [0.3, 0.4) is 0 Å². The van der Waals surface area contributed by atoms with Gasteiger partial charge in [-0.1, -0.05) is 6.07 Å². The molecule has 0 radical (unpaired) electrons. The van der Waals surface area contributed by atoms with E-state index < -0.39 is 18.1 Å². The van der Waals surface area contributed by atoms with Gasteiger partial charge in [-0.15, -0.1) is 13.2 Å². The van der Waals surface area contributed by atoms with Gasteiger partial charge in [0.05, 0.1) is 6.07 Å². The summed E-state index contributed by atoms with van der Waals surface area (Å²) in [5.41, 5.74) is 0.836. The van der Waals surface area contributed by atoms with Crippen LogP contribution in [0.15, 0.2) is 24.3 Å². The molecule has 0 aromatic heterocycles. The van der Waals surface area contributed by atoms with Crippen LogP contribution in [0.25, 0.3) is 6.08 Å². The van der Waals surface area contributed by atoms with E-state index in [1.807, 2.05) is 6.07 Å². The molecule has 4 nitrogen and oxygen atoms in total. The predicted molar refractivity (Wildman–Crippen MR) is 63.7 cm³/mol. The number of halogens is 3. The number of nitrogens with zero attached hydrogens (tertiary/aromatic N) is 1. The number of carbonyl (C=O) groups is 1. The fourth-order valence-corrected chi connectivity index (χ4v) is 1.51. The Bertz CT molecular complexity index is 559. The Balaban J connectivity index is 3.06. The zero-order chi connectivity index (χ0) is 15.2. The number of carboxylic acid groups (broad SMARTS) is 1. The van der Waals surface area contributed by atoms with Gasteiger partial charge in [-0.2, -0.15) is 5.26 Å². The molecule has 0 unspecified atom stereocenters. The van der Waals surface area contributed by atoms with Gasteiger partial charge in [-0.05, 0) is 35.8 Å². The van der Waals surface area contributed by atoms with Gasteiger partial charge in [0.25, 0.3) is 0 Å². The zero-order valence-corrected chi connectivity index (χ0v) is 10.1. The van der Waals surface area contributed by atoms with Crippen molar-refractivity contribution < 1.29 is 27.8 Å². The molecule has 0 aliphatic rings. The smallest absolute Gasteiger partial charge is 0.478 e. The molecule has 0 amide bonds. The number of ether oxygens (including phenoxy) is 1. The minimum Gasteiger partial charge on any atom is -0.478 e. The number of hydrogen-bond acceptors (Lipinski definition) is 3. The Morgan fingerprint density at radius 2 is 2.15 bits per heavy atom. The van der Waals surface area contributed by atoms with E-state index in [0.717, 1.165) is 18.2 Å². The summed E-state index contributed by atoms with van der Waals surface area (Å²) in [6.07, 6.45) is -2.37. The second-order valence-corrected chi connectivity index (χ2v) is 3.74. The van der Waals surface area contributed by atoms with E-state index in [1.54, 1.807) is 0 Å². The van der Waals surface area contributed by atoms with Gasteiger partial charge in [0.2, 0.25) is 0 Å². The van der Waals surface area contributed by atoms with E-state index in [9.17, 15) is 18.0 Å². The molecule has 1 aromatic carbocycles. The Morgan fingerprint density at radius 1 is 1.45 bits per heavy atom. The third-order valence-electron chi connectivity index (χ3n) is 2.26. The first-order chi connectivity index (χ1) is 9.31. The number of aryl methyl sites for hydroxylation is 1. The van der Waals surface area contributed by atoms with Gasteiger partial charge in [0.1, 0.15) is 5.75 Å². The summed E-state index contributed by atoms with van der Waals surface area (Å²) in [5, 5.41) is 17.1. The van der Waals surface area contributed by atoms with Crippen LogP contribution in [-0.2, 0) is 11.2 Å². The van der Waals surface area contributed by atoms with Crippen molar-refractivity contribution in [2.45, 2.75) is 19.2 Å². The maximum Gasteiger partial charge on any atom is 0.573 e. The minimum absolute atomic E-state index is 0.101. The SMILES string of the molecule is N#CCCc1cc(OC(F)(F)F)ccc1/C=C/C(=O)O. The van der Waals surface area contributed by atoms with Crippen LogP contribution in [-0.4, -0.2) is 17.4 Å². The summed E-state index contributed by atoms with van der Waals surface area (Å²) in [4.78, 5) is 10.4. The number of benzene rings is 1. The molecule has 0 atom stereocenters. The Labute approximate surface area is 112 Å². The Kier molecular flexibility index (Phi) is 5.15. The molecule has 0 spiro atoms. The lowest BCUT2D eigenvalue weighted by Gasteiger charge is -2.11. The highest BCUT2D eigenvalue weighted by Gasteiger charge is 2.31. The first-order valence-electron chi connectivity index (χ1n) is 5.48. The van der Waals surface area contributed by atoms with Crippen LogP contribution in [0, 0.1) is 11.3 Å². The van der Waals surface area contributed by atoms with Crippen molar-refractivity contribution in [3.05, 3.63) is 35.4 Å². The van der Waals surface area contributed by atoms with Crippen molar-refractivity contribution in [3.63, 3.8) is 0 Å². The second-order valence-electron chi connectivity index (χ2n) is 3.74. The Morgan fingerprint density at radius 3 is 2.70 bits per heavy atom. The summed E-state index contributed by atoms with van der Waals surface area (Å²) < 4.78 is 40.1. The molecular weight excluding hydrogens is 275 g/mol. The molecule has 0 aliphatic heterocycles. The van der Waals surface area contributed by atoms with Crippen LogP contribution in [0.5, 0.6) is 5.75 Å². The molecule has 7 heteroatoms. The molecular formula is C13H10F3NO3. The fourth-order valence-electron chi connectivity index (χ4n) is 1.51. The topological polar surface area (TPSA) is 70.3 Å². The van der Waals surface area contributed by atoms with Gasteiger partial charge in [0, 0.05) is 12.5 Å². The third kappa shape index (κ3) is 5.44. The van der Waals surface area contributed by atoms with Crippen LogP contribution >= 0.6 is 0 Å². The number of alkyl halides is 3. The van der Waals surface area contributed by atoms with Crippen molar-refractivity contribution in [1.82, 2.24) is 0 Å². The maximum absolute atomic E-state index is 12.1. The number of nitriles is 1. The van der Waals surface area contributed by atoms with Crippen molar-refractivity contribution in [2.75, 3.05) is 0 Å². The average molecular weight is 285 g/mol. The normalized spacial score (nSPS) is 11.3. The van der Waals surface area contributed by atoms with Crippen LogP contribution in [0.4, 0.5) is 13.2 Å². The van der Waals surface area contributed by atoms with E-state index in [-0.39, 0.29) is 12.8 Å². The van der Waals surface area contributed by atoms with E-state index in [4.69, 9.17) is 10.4 Å². The lowest BCUT2D eigenvalue weighted by molar-refractivity contribution is -0.274. The fraction of sp³-hybridized carbons (Fsp3) is 0.231. The maximum atomic E-state index is 12.1. The standard InChI is InChI=1S/C13H10F3NO3/c14-13(15,16)20-11-5-3-9(4-6-12(18)19)10(8-11)2-1-7-17/h3-6,8H,1-2H2,(H,18,19)/b6-4+. The average Bonchev–Trinajstić information content (AvgIpc) is 2.33. The molecule has 106 valence electrons. The molecule has 0 fully saturated rings. The molecule has 0 heterocycles. The van der Waals surface area contributed by atoms with E-state index in [2.05, 4.69) is 4.74 Å². The predicted octanol–water partition coefficient (Wildman–Crippen LogP) is 3.14. The largest absolute Gasteiger partial charge is 0.573 e. The van der Waals surface area contributed by atoms with Gasteiger partial charge in [-0.3, -0.25) is 0 Å². The highest BCUT2D eigenvalue weighted by Crippen LogP contribution is 2.26. The summed E-state index contributed by atoms with van der Waals surface area (Å²) >= 11 is 0. The van der Waals surface area contributed by atoms with E-state index >= 15 is 0 Å². The number of carboxylic acids is 1. The summed E-state index contributed by atoms with van der Waals surface area (Å²) in [6, 6.07) is 5.42. The number of aliphatic carboxylic acids is 1. The molecule has 1 aromatic rings. The van der Waals surface area contributed by atoms with Crippen molar-refractivity contribution in [3.8, 4) is 11.8 Å². The van der Waals surface area contributed by atoms with Crippen LogP contribution in [0.2, 0.25) is 0 Å². The lowest BCUT2D eigenvalue weighted by atomic mass is 10.0. The first kappa shape index (κ1) is 15.6. The molecule has 0 aliphatic carbocycles. The molecule has 1 rings (SSSR count). The van der Waals surface area contributed by atoms with Gasteiger partial charge in [-0.25, -0.2) is 4.79 Å². The van der Waals surface area contributed by atoms with Gasteiger partial charge in [0.15, 0.2) is 0 Å². The monoisotopic (exact) mass is 285 g/mol. The highest BCUT2D eigenvalue weighted by molar-refractivity contribution is 5.85. The van der Waals surface area contributed by atoms with Crippen molar-refractivity contribution in [2.24, 2.45) is 0 Å². The Hall–Kier alpha value is -2.49. The quantitative estimate of drug-likeness (QED) is 0.844. The van der Waals surface area contributed by atoms with Crippen LogP contribution in [0.1, 0.15) is 17.5 Å². The van der Waals surface area contributed by atoms with Crippen LogP contribution < -0.4 is 4.74 Å².